The Balaban J connectivity index is 2.17. The Morgan fingerprint density at radius 2 is 2.11 bits per heavy atom. The van der Waals surface area contributed by atoms with Gasteiger partial charge in [0.1, 0.15) is 0 Å². The number of nitrogens with zero attached hydrogens (tertiary/aromatic N) is 2. The van der Waals surface area contributed by atoms with Crippen molar-refractivity contribution in [2.75, 3.05) is 7.05 Å². The van der Waals surface area contributed by atoms with Crippen LogP contribution in [0.15, 0.2) is 47.2 Å². The van der Waals surface area contributed by atoms with Crippen molar-refractivity contribution < 1.29 is 4.79 Å². The zero-order valence-electron chi connectivity index (χ0n) is 10.3. The Labute approximate surface area is 125 Å². The Kier molecular flexibility index (Phi) is 4.56. The molecule has 1 aromatic carbocycles. The summed E-state index contributed by atoms with van der Waals surface area (Å²) in [6, 6.07) is 9.41. The van der Waals surface area contributed by atoms with Crippen molar-refractivity contribution in [1.29, 1.82) is 0 Å². The van der Waals surface area contributed by atoms with Gasteiger partial charge in [-0.15, -0.1) is 0 Å². The van der Waals surface area contributed by atoms with Gasteiger partial charge in [0, 0.05) is 30.5 Å². The maximum Gasteiger partial charge on any atom is 0.256 e. The molecule has 0 atom stereocenters. The van der Waals surface area contributed by atoms with E-state index in [0.717, 1.165) is 10.0 Å². The van der Waals surface area contributed by atoms with Crippen LogP contribution >= 0.6 is 27.5 Å². The number of carbonyl (C=O) groups excluding carboxylic acids is 1. The molecule has 1 amide bonds. The van der Waals surface area contributed by atoms with Crippen LogP contribution in [0.3, 0.4) is 0 Å². The van der Waals surface area contributed by atoms with Gasteiger partial charge in [0.05, 0.1) is 10.6 Å². The molecule has 3 nitrogen and oxygen atoms in total. The van der Waals surface area contributed by atoms with Crippen LogP contribution in [0.2, 0.25) is 5.02 Å². The van der Waals surface area contributed by atoms with Crippen molar-refractivity contribution >= 4 is 33.4 Å². The highest BCUT2D eigenvalue weighted by Gasteiger charge is 2.16. The maximum atomic E-state index is 12.3. The van der Waals surface area contributed by atoms with Crippen molar-refractivity contribution in [2.24, 2.45) is 0 Å². The van der Waals surface area contributed by atoms with Crippen LogP contribution in [-0.2, 0) is 6.54 Å². The van der Waals surface area contributed by atoms with Crippen molar-refractivity contribution in [3.05, 3.63) is 63.3 Å². The van der Waals surface area contributed by atoms with Crippen LogP contribution in [-0.4, -0.2) is 22.8 Å². The van der Waals surface area contributed by atoms with E-state index in [1.807, 2.05) is 24.3 Å². The first-order chi connectivity index (χ1) is 9.09. The molecule has 0 N–H and O–H groups in total. The second-order valence-corrected chi connectivity index (χ2v) is 5.37. The fourth-order valence-electron chi connectivity index (χ4n) is 1.69. The standard InChI is InChI=1S/C14H12BrClN2O/c1-18(9-10-4-2-3-5-12(10)15)14(19)11-8-17-7-6-13(11)16/h2-8H,9H2,1H3. The second kappa shape index (κ2) is 6.17. The van der Waals surface area contributed by atoms with E-state index < -0.39 is 0 Å². The highest BCUT2D eigenvalue weighted by molar-refractivity contribution is 9.10. The summed E-state index contributed by atoms with van der Waals surface area (Å²) < 4.78 is 0.979. The van der Waals surface area contributed by atoms with Crippen molar-refractivity contribution in [3.8, 4) is 0 Å². The number of rotatable bonds is 3. The molecule has 0 bridgehead atoms. The van der Waals surface area contributed by atoms with E-state index in [9.17, 15) is 4.79 Å². The fraction of sp³-hybridized carbons (Fsp3) is 0.143. The Morgan fingerprint density at radius 3 is 2.79 bits per heavy atom. The molecule has 2 aromatic rings. The second-order valence-electron chi connectivity index (χ2n) is 4.11. The van der Waals surface area contributed by atoms with Crippen LogP contribution < -0.4 is 0 Å². The molecule has 0 fully saturated rings. The largest absolute Gasteiger partial charge is 0.337 e. The summed E-state index contributed by atoms with van der Waals surface area (Å²) in [5.74, 6) is -0.145. The summed E-state index contributed by atoms with van der Waals surface area (Å²) in [5, 5.41) is 0.416. The van der Waals surface area contributed by atoms with Crippen LogP contribution in [0.4, 0.5) is 0 Å². The van der Waals surface area contributed by atoms with E-state index >= 15 is 0 Å². The molecule has 98 valence electrons. The summed E-state index contributed by atoms with van der Waals surface area (Å²) in [5.41, 5.74) is 1.46. The number of halogens is 2. The molecule has 0 aliphatic carbocycles. The lowest BCUT2D eigenvalue weighted by molar-refractivity contribution is 0.0784. The quantitative estimate of drug-likeness (QED) is 0.853. The molecule has 2 rings (SSSR count). The third kappa shape index (κ3) is 3.33. The first kappa shape index (κ1) is 14.0. The molecule has 19 heavy (non-hydrogen) atoms. The van der Waals surface area contributed by atoms with E-state index in [0.29, 0.717) is 17.1 Å². The Bertz CT molecular complexity index is 604. The molecule has 0 spiro atoms. The van der Waals surface area contributed by atoms with Crippen LogP contribution in [0, 0.1) is 0 Å². The lowest BCUT2D eigenvalue weighted by atomic mass is 10.2. The SMILES string of the molecule is CN(Cc1ccccc1Br)C(=O)c1cnccc1Cl. The van der Waals surface area contributed by atoms with Gasteiger partial charge in [0.2, 0.25) is 0 Å². The topological polar surface area (TPSA) is 33.2 Å². The molecule has 0 unspecified atom stereocenters. The van der Waals surface area contributed by atoms with E-state index in [2.05, 4.69) is 20.9 Å². The molecular weight excluding hydrogens is 328 g/mol. The van der Waals surface area contributed by atoms with Gasteiger partial charge < -0.3 is 4.90 Å². The first-order valence-corrected chi connectivity index (χ1v) is 6.85. The minimum absolute atomic E-state index is 0.145. The zero-order valence-corrected chi connectivity index (χ0v) is 12.6. The lowest BCUT2D eigenvalue weighted by Crippen LogP contribution is -2.26. The molecule has 0 saturated heterocycles. The van der Waals surface area contributed by atoms with Crippen LogP contribution in [0.5, 0.6) is 0 Å². The minimum atomic E-state index is -0.145. The van der Waals surface area contributed by atoms with Gasteiger partial charge in [0.15, 0.2) is 0 Å². The van der Waals surface area contributed by atoms with Gasteiger partial charge in [0.25, 0.3) is 5.91 Å². The average Bonchev–Trinajstić information content (AvgIpc) is 2.41. The molecule has 0 aliphatic rings. The van der Waals surface area contributed by atoms with Crippen molar-refractivity contribution in [3.63, 3.8) is 0 Å². The first-order valence-electron chi connectivity index (χ1n) is 5.68. The summed E-state index contributed by atoms with van der Waals surface area (Å²) in [4.78, 5) is 17.8. The van der Waals surface area contributed by atoms with E-state index in [4.69, 9.17) is 11.6 Å². The van der Waals surface area contributed by atoms with Crippen LogP contribution in [0.25, 0.3) is 0 Å². The summed E-state index contributed by atoms with van der Waals surface area (Å²) in [7, 11) is 1.74. The van der Waals surface area contributed by atoms with Gasteiger partial charge in [-0.3, -0.25) is 9.78 Å². The number of pyridine rings is 1. The molecule has 0 radical (unpaired) electrons. The van der Waals surface area contributed by atoms with E-state index in [1.165, 1.54) is 6.20 Å². The summed E-state index contributed by atoms with van der Waals surface area (Å²) >= 11 is 9.47. The maximum absolute atomic E-state index is 12.3. The average molecular weight is 340 g/mol. The molecule has 5 heteroatoms. The predicted molar refractivity (Wildman–Crippen MR) is 79.2 cm³/mol. The summed E-state index contributed by atoms with van der Waals surface area (Å²) in [6.45, 7) is 0.505. The van der Waals surface area contributed by atoms with Crippen LogP contribution in [0.1, 0.15) is 15.9 Å². The lowest BCUT2D eigenvalue weighted by Gasteiger charge is -2.18. The van der Waals surface area contributed by atoms with Gasteiger partial charge in [-0.2, -0.15) is 0 Å². The summed E-state index contributed by atoms with van der Waals surface area (Å²) in [6.07, 6.45) is 3.05. The minimum Gasteiger partial charge on any atom is -0.337 e. The molecule has 1 aromatic heterocycles. The van der Waals surface area contributed by atoms with Gasteiger partial charge in [-0.1, -0.05) is 45.7 Å². The van der Waals surface area contributed by atoms with Crippen molar-refractivity contribution in [2.45, 2.75) is 6.54 Å². The van der Waals surface area contributed by atoms with Gasteiger partial charge >= 0.3 is 0 Å². The third-order valence-electron chi connectivity index (χ3n) is 2.71. The predicted octanol–water partition coefficient (Wildman–Crippen LogP) is 3.77. The van der Waals surface area contributed by atoms with Crippen molar-refractivity contribution in [1.82, 2.24) is 9.88 Å². The normalized spacial score (nSPS) is 10.3. The number of hydrogen-bond donors (Lipinski definition) is 0. The zero-order chi connectivity index (χ0) is 13.8. The molecular formula is C14H12BrClN2O. The third-order valence-corrected chi connectivity index (χ3v) is 3.81. The Morgan fingerprint density at radius 1 is 1.37 bits per heavy atom. The molecule has 0 saturated carbocycles. The smallest absolute Gasteiger partial charge is 0.256 e. The number of aromatic nitrogens is 1. The highest BCUT2D eigenvalue weighted by atomic mass is 79.9. The number of hydrogen-bond acceptors (Lipinski definition) is 2. The van der Waals surface area contributed by atoms with Gasteiger partial charge in [-0.25, -0.2) is 0 Å². The fourth-order valence-corrected chi connectivity index (χ4v) is 2.29. The highest BCUT2D eigenvalue weighted by Crippen LogP contribution is 2.20. The monoisotopic (exact) mass is 338 g/mol. The Hall–Kier alpha value is -1.39. The molecule has 0 aliphatic heterocycles. The van der Waals surface area contributed by atoms with Gasteiger partial charge in [-0.05, 0) is 17.7 Å². The number of carbonyl (C=O) groups is 1. The number of benzene rings is 1. The molecule has 1 heterocycles. The van der Waals surface area contributed by atoms with E-state index in [1.54, 1.807) is 24.2 Å². The van der Waals surface area contributed by atoms with E-state index in [-0.39, 0.29) is 5.91 Å². The number of amides is 1.